The Morgan fingerprint density at radius 2 is 1.18 bits per heavy atom. The van der Waals surface area contributed by atoms with Crippen LogP contribution in [0.5, 0.6) is 0 Å². The molecule has 0 amide bonds. The van der Waals surface area contributed by atoms with Crippen molar-refractivity contribution < 1.29 is 41.3 Å². The van der Waals surface area contributed by atoms with Crippen LogP contribution in [0.1, 0.15) is 40.5 Å². The molecule has 0 aromatic heterocycles. The summed E-state index contributed by atoms with van der Waals surface area (Å²) in [7, 11) is 0. The van der Waals surface area contributed by atoms with E-state index in [1.807, 2.05) is 0 Å². The van der Waals surface area contributed by atoms with Crippen molar-refractivity contribution in [2.75, 3.05) is 0 Å². The van der Waals surface area contributed by atoms with Crippen molar-refractivity contribution in [2.24, 2.45) is 11.8 Å². The Hall–Kier alpha value is 0.324. The van der Waals surface area contributed by atoms with Crippen molar-refractivity contribution in [3.05, 3.63) is 47.6 Å². The van der Waals surface area contributed by atoms with E-state index in [1.54, 1.807) is 0 Å². The van der Waals surface area contributed by atoms with E-state index in [1.165, 1.54) is 11.1 Å². The molecule has 0 fully saturated rings. The van der Waals surface area contributed by atoms with Crippen LogP contribution in [-0.2, 0) is 0 Å². The molecule has 0 saturated heterocycles. The van der Waals surface area contributed by atoms with Crippen molar-refractivity contribution in [2.45, 2.75) is 40.5 Å². The van der Waals surface area contributed by atoms with Gasteiger partial charge in [-0.15, -0.1) is 12.8 Å². The van der Waals surface area contributed by atoms with Crippen molar-refractivity contribution in [3.63, 3.8) is 0 Å². The molecule has 0 unspecified atom stereocenters. The third-order valence-electron chi connectivity index (χ3n) is 2.69. The molecule has 17 heavy (non-hydrogen) atoms. The van der Waals surface area contributed by atoms with Gasteiger partial charge in [0.15, 0.2) is 0 Å². The zero-order valence-corrected chi connectivity index (χ0v) is 15.2. The van der Waals surface area contributed by atoms with Crippen LogP contribution in [0.15, 0.2) is 35.5 Å². The number of hydrogen-bond acceptors (Lipinski definition) is 0. The largest absolute Gasteiger partial charge is 0.269 e. The van der Waals surface area contributed by atoms with Gasteiger partial charge in [0.25, 0.3) is 0 Å². The van der Waals surface area contributed by atoms with Crippen LogP contribution in [0.3, 0.4) is 0 Å². The molecule has 0 aliphatic heterocycles. The van der Waals surface area contributed by atoms with Crippen LogP contribution < -0.4 is 0 Å². The van der Waals surface area contributed by atoms with E-state index < -0.39 is 0 Å². The second-order valence-corrected chi connectivity index (χ2v) is 4.79. The van der Waals surface area contributed by atoms with Crippen LogP contribution >= 0.6 is 0 Å². The molecular weight excluding hydrogens is 333 g/mol. The molecule has 2 aliphatic carbocycles. The first-order valence-electron chi connectivity index (χ1n) is 6.15. The summed E-state index contributed by atoms with van der Waals surface area (Å²) in [6.45, 7) is 8.77. The van der Waals surface area contributed by atoms with Gasteiger partial charge in [-0.2, -0.15) is 12.2 Å². The molecular formula is C16H22Pr-2. The second kappa shape index (κ2) is 9.28. The Bertz CT molecular complexity index is 293. The Balaban J connectivity index is 0.000000284. The van der Waals surface area contributed by atoms with Crippen LogP contribution in [0.2, 0.25) is 0 Å². The summed E-state index contributed by atoms with van der Waals surface area (Å²) in [4.78, 5) is 0. The first-order chi connectivity index (χ1) is 7.61. The van der Waals surface area contributed by atoms with E-state index in [0.29, 0.717) is 11.8 Å². The minimum atomic E-state index is 0. The first-order valence-corrected chi connectivity index (χ1v) is 6.15. The Labute approximate surface area is 140 Å². The Morgan fingerprint density at radius 3 is 1.29 bits per heavy atom. The third kappa shape index (κ3) is 6.72. The zero-order chi connectivity index (χ0) is 12.0. The van der Waals surface area contributed by atoms with Crippen LogP contribution in [0.25, 0.3) is 0 Å². The molecule has 1 radical (unpaired) electrons. The quantitative estimate of drug-likeness (QED) is 0.632. The first kappa shape index (κ1) is 17.3. The SMILES string of the molecule is CC(C)C1=[C-]CC=C1.CC(C)C1=[C-]CC=C1.[Pr]. The van der Waals surface area contributed by atoms with Crippen molar-refractivity contribution >= 4 is 0 Å². The van der Waals surface area contributed by atoms with Crippen molar-refractivity contribution in [1.82, 2.24) is 0 Å². The predicted octanol–water partition coefficient (Wildman–Crippen LogP) is 4.66. The smallest absolute Gasteiger partial charge is 0 e. The summed E-state index contributed by atoms with van der Waals surface area (Å²) in [6, 6.07) is 0. The predicted molar refractivity (Wildman–Crippen MR) is 70.7 cm³/mol. The molecule has 1 heteroatoms. The van der Waals surface area contributed by atoms with E-state index in [-0.39, 0.29) is 41.3 Å². The normalized spacial score (nSPS) is 16.6. The van der Waals surface area contributed by atoms with Gasteiger partial charge in [-0.3, -0.25) is 12.2 Å². The molecule has 91 valence electrons. The van der Waals surface area contributed by atoms with E-state index in [4.69, 9.17) is 0 Å². The van der Waals surface area contributed by atoms with Gasteiger partial charge < -0.3 is 0 Å². The fourth-order valence-corrected chi connectivity index (χ4v) is 1.64. The zero-order valence-electron chi connectivity index (χ0n) is 11.5. The molecule has 2 aliphatic rings. The van der Waals surface area contributed by atoms with Crippen molar-refractivity contribution in [1.29, 1.82) is 0 Å². The average Bonchev–Trinajstić information content (AvgIpc) is 2.93. The number of rotatable bonds is 2. The monoisotopic (exact) mass is 355 g/mol. The molecule has 0 bridgehead atoms. The van der Waals surface area contributed by atoms with Crippen LogP contribution in [0, 0.1) is 65.3 Å². The van der Waals surface area contributed by atoms with Crippen LogP contribution in [-0.4, -0.2) is 0 Å². The maximum Gasteiger partial charge on any atom is 0 e. The Morgan fingerprint density at radius 1 is 0.824 bits per heavy atom. The molecule has 0 aromatic rings. The standard InChI is InChI=1S/2C8H11.Pr/c2*1-7(2)8-5-3-4-6-8;/h2*3,5,7H,4H2,1-2H3;/q2*-1;. The molecule has 0 aromatic carbocycles. The third-order valence-corrected chi connectivity index (χ3v) is 2.69. The van der Waals surface area contributed by atoms with E-state index in [9.17, 15) is 0 Å². The topological polar surface area (TPSA) is 0 Å². The Kier molecular flexibility index (Phi) is 9.46. The van der Waals surface area contributed by atoms with E-state index in [0.717, 1.165) is 12.8 Å². The minimum absolute atomic E-state index is 0. The summed E-state index contributed by atoms with van der Waals surface area (Å²) in [6.07, 6.45) is 17.2. The fraction of sp³-hybridized carbons (Fsp3) is 0.500. The molecule has 0 heterocycles. The average molecular weight is 355 g/mol. The molecule has 0 N–H and O–H groups in total. The fourth-order valence-electron chi connectivity index (χ4n) is 1.64. The van der Waals surface area contributed by atoms with E-state index >= 15 is 0 Å². The summed E-state index contributed by atoms with van der Waals surface area (Å²) in [5.41, 5.74) is 2.73. The number of hydrogen-bond donors (Lipinski definition) is 0. The van der Waals surface area contributed by atoms with Gasteiger partial charge in [-0.25, -0.2) is 23.3 Å². The van der Waals surface area contributed by atoms with Gasteiger partial charge in [-0.1, -0.05) is 39.5 Å². The van der Waals surface area contributed by atoms with Crippen molar-refractivity contribution in [3.8, 4) is 0 Å². The maximum absolute atomic E-state index is 3.26. The van der Waals surface area contributed by atoms with Gasteiger partial charge in [0, 0.05) is 41.3 Å². The summed E-state index contributed by atoms with van der Waals surface area (Å²) in [5.74, 6) is 1.32. The minimum Gasteiger partial charge on any atom is -0.269 e. The maximum atomic E-state index is 3.26. The molecule has 2 rings (SSSR count). The van der Waals surface area contributed by atoms with Gasteiger partial charge in [0.2, 0.25) is 0 Å². The van der Waals surface area contributed by atoms with Gasteiger partial charge in [-0.05, 0) is 0 Å². The molecule has 0 saturated carbocycles. The van der Waals surface area contributed by atoms with Gasteiger partial charge in [0.1, 0.15) is 0 Å². The molecule has 0 atom stereocenters. The molecule has 0 spiro atoms. The number of allylic oxidation sites excluding steroid dienone is 8. The summed E-state index contributed by atoms with van der Waals surface area (Å²) in [5, 5.41) is 0. The summed E-state index contributed by atoms with van der Waals surface area (Å²) < 4.78 is 0. The van der Waals surface area contributed by atoms with Gasteiger partial charge in [0.05, 0.1) is 0 Å². The van der Waals surface area contributed by atoms with Crippen LogP contribution in [0.4, 0.5) is 0 Å². The second-order valence-electron chi connectivity index (χ2n) is 4.79. The summed E-state index contributed by atoms with van der Waals surface area (Å²) >= 11 is 0. The van der Waals surface area contributed by atoms with E-state index in [2.05, 4.69) is 64.2 Å². The molecule has 0 nitrogen and oxygen atoms in total. The van der Waals surface area contributed by atoms with Gasteiger partial charge >= 0.3 is 0 Å².